The number of anilines is 2. The number of nitrogens with one attached hydrogen (secondary N) is 2. The van der Waals surface area contributed by atoms with E-state index < -0.39 is 0 Å². The Balaban J connectivity index is 1.74. The van der Waals surface area contributed by atoms with Gasteiger partial charge in [-0.25, -0.2) is 0 Å². The second kappa shape index (κ2) is 8.40. The van der Waals surface area contributed by atoms with Crippen molar-refractivity contribution >= 4 is 57.9 Å². The van der Waals surface area contributed by atoms with Crippen LogP contribution in [0.2, 0.25) is 5.02 Å². The van der Waals surface area contributed by atoms with Crippen LogP contribution in [0.1, 0.15) is 20.0 Å². The highest BCUT2D eigenvalue weighted by molar-refractivity contribution is 7.98. The van der Waals surface area contributed by atoms with Gasteiger partial charge in [-0.3, -0.25) is 9.59 Å². The molecule has 3 rings (SSSR count). The van der Waals surface area contributed by atoms with Crippen molar-refractivity contribution in [3.63, 3.8) is 0 Å². The molecule has 2 amide bonds. The summed E-state index contributed by atoms with van der Waals surface area (Å²) in [6.45, 7) is 0. The number of carbonyl (C=O) groups excluding carboxylic acids is 2. The van der Waals surface area contributed by atoms with Gasteiger partial charge >= 0.3 is 0 Å². The van der Waals surface area contributed by atoms with Gasteiger partial charge in [-0.05, 0) is 54.1 Å². The molecule has 0 saturated heterocycles. The van der Waals surface area contributed by atoms with E-state index >= 15 is 0 Å². The van der Waals surface area contributed by atoms with Gasteiger partial charge in [0.05, 0.1) is 15.5 Å². The maximum absolute atomic E-state index is 12.5. The van der Waals surface area contributed by atoms with E-state index in [-0.39, 0.29) is 11.8 Å². The minimum absolute atomic E-state index is 0.181. The van der Waals surface area contributed by atoms with Crippen molar-refractivity contribution in [2.24, 2.45) is 0 Å². The third-order valence-electron chi connectivity index (χ3n) is 3.54. The van der Waals surface area contributed by atoms with Crippen molar-refractivity contribution in [3.8, 4) is 0 Å². The van der Waals surface area contributed by atoms with E-state index in [1.807, 2.05) is 23.8 Å². The molecule has 1 heterocycles. The predicted octanol–water partition coefficient (Wildman–Crippen LogP) is 5.63. The normalized spacial score (nSPS) is 10.4. The van der Waals surface area contributed by atoms with Crippen LogP contribution in [0.25, 0.3) is 0 Å². The van der Waals surface area contributed by atoms with Gasteiger partial charge in [0.1, 0.15) is 0 Å². The van der Waals surface area contributed by atoms with Gasteiger partial charge in [-0.2, -0.15) is 0 Å². The van der Waals surface area contributed by atoms with Crippen molar-refractivity contribution in [1.82, 2.24) is 0 Å². The lowest BCUT2D eigenvalue weighted by molar-refractivity contribution is 0.102. The van der Waals surface area contributed by atoms with Crippen LogP contribution in [0.3, 0.4) is 0 Å². The van der Waals surface area contributed by atoms with Crippen molar-refractivity contribution in [3.05, 3.63) is 75.4 Å². The first-order chi connectivity index (χ1) is 12.6. The second-order valence-electron chi connectivity index (χ2n) is 5.31. The molecule has 0 bridgehead atoms. The summed E-state index contributed by atoms with van der Waals surface area (Å²) in [5.41, 5.74) is 1.58. The highest BCUT2D eigenvalue weighted by Gasteiger charge is 2.12. The Hall–Kier alpha value is -2.28. The van der Waals surface area contributed by atoms with E-state index in [2.05, 4.69) is 10.6 Å². The van der Waals surface area contributed by atoms with Gasteiger partial charge in [0, 0.05) is 16.3 Å². The summed E-state index contributed by atoms with van der Waals surface area (Å²) in [4.78, 5) is 26.3. The Labute approximate surface area is 164 Å². The molecule has 0 fully saturated rings. The first kappa shape index (κ1) is 18.5. The Morgan fingerprint density at radius 3 is 2.35 bits per heavy atom. The molecule has 0 aliphatic rings. The second-order valence-corrected chi connectivity index (χ2v) is 7.55. The molecule has 26 heavy (non-hydrogen) atoms. The quantitative estimate of drug-likeness (QED) is 0.544. The van der Waals surface area contributed by atoms with Crippen LogP contribution >= 0.6 is 34.7 Å². The Morgan fingerprint density at radius 1 is 0.962 bits per heavy atom. The Bertz CT molecular complexity index is 942. The van der Waals surface area contributed by atoms with E-state index in [1.54, 1.807) is 42.5 Å². The number of hydrogen-bond acceptors (Lipinski definition) is 4. The molecule has 2 aromatic carbocycles. The number of rotatable bonds is 5. The Morgan fingerprint density at radius 2 is 1.69 bits per heavy atom. The number of thiophene rings is 1. The maximum atomic E-state index is 12.5. The van der Waals surface area contributed by atoms with Crippen LogP contribution in [0.15, 0.2) is 64.9 Å². The molecular formula is C19H15ClN2O2S2. The summed E-state index contributed by atoms with van der Waals surface area (Å²) < 4.78 is 0. The molecule has 0 aliphatic heterocycles. The van der Waals surface area contributed by atoms with Crippen LogP contribution in [-0.4, -0.2) is 18.1 Å². The SMILES string of the molecule is CSc1ccc(Cl)c(C(=O)Nc2cccc(NC(=O)c3cccs3)c2)c1. The lowest BCUT2D eigenvalue weighted by Gasteiger charge is -2.10. The zero-order valence-electron chi connectivity index (χ0n) is 13.8. The fraction of sp³-hybridized carbons (Fsp3) is 0.0526. The van der Waals surface area contributed by atoms with E-state index in [0.717, 1.165) is 4.90 Å². The van der Waals surface area contributed by atoms with Crippen molar-refractivity contribution in [1.29, 1.82) is 0 Å². The van der Waals surface area contributed by atoms with Crippen molar-refractivity contribution in [2.45, 2.75) is 4.90 Å². The molecule has 132 valence electrons. The van der Waals surface area contributed by atoms with Gasteiger partial charge in [-0.15, -0.1) is 23.1 Å². The number of carbonyl (C=O) groups is 2. The van der Waals surface area contributed by atoms with Crippen molar-refractivity contribution < 1.29 is 9.59 Å². The number of halogens is 1. The molecule has 3 aromatic rings. The van der Waals surface area contributed by atoms with Gasteiger partial charge in [0.15, 0.2) is 0 Å². The summed E-state index contributed by atoms with van der Waals surface area (Å²) >= 11 is 9.05. The first-order valence-corrected chi connectivity index (χ1v) is 10.1. The van der Waals surface area contributed by atoms with Crippen LogP contribution in [0.5, 0.6) is 0 Å². The van der Waals surface area contributed by atoms with E-state index in [1.165, 1.54) is 23.1 Å². The third-order valence-corrected chi connectivity index (χ3v) is 5.46. The molecule has 4 nitrogen and oxygen atoms in total. The third kappa shape index (κ3) is 4.46. The topological polar surface area (TPSA) is 58.2 Å². The summed E-state index contributed by atoms with van der Waals surface area (Å²) in [6.07, 6.45) is 1.94. The zero-order valence-corrected chi connectivity index (χ0v) is 16.2. The molecule has 0 spiro atoms. The fourth-order valence-corrected chi connectivity index (χ4v) is 3.54. The van der Waals surface area contributed by atoms with Crippen LogP contribution in [0, 0.1) is 0 Å². The number of hydrogen-bond donors (Lipinski definition) is 2. The fourth-order valence-electron chi connectivity index (χ4n) is 2.28. The monoisotopic (exact) mass is 402 g/mol. The molecular weight excluding hydrogens is 388 g/mol. The molecule has 7 heteroatoms. The standard InChI is InChI=1S/C19H15ClN2O2S2/c1-25-14-7-8-16(20)15(11-14)18(23)21-12-4-2-5-13(10-12)22-19(24)17-6-3-9-26-17/h2-11H,1H3,(H,21,23)(H,22,24). The summed E-state index contributed by atoms with van der Waals surface area (Å²) in [5, 5.41) is 7.87. The number of thioether (sulfide) groups is 1. The van der Waals surface area contributed by atoms with Gasteiger partial charge < -0.3 is 10.6 Å². The van der Waals surface area contributed by atoms with Crippen LogP contribution in [0.4, 0.5) is 11.4 Å². The molecule has 2 N–H and O–H groups in total. The number of benzene rings is 2. The van der Waals surface area contributed by atoms with Gasteiger partial charge in [0.2, 0.25) is 0 Å². The zero-order chi connectivity index (χ0) is 18.5. The predicted molar refractivity (Wildman–Crippen MR) is 110 cm³/mol. The minimum atomic E-state index is -0.298. The van der Waals surface area contributed by atoms with E-state index in [4.69, 9.17) is 11.6 Å². The van der Waals surface area contributed by atoms with E-state index in [0.29, 0.717) is 26.8 Å². The smallest absolute Gasteiger partial charge is 0.265 e. The molecule has 1 aromatic heterocycles. The van der Waals surface area contributed by atoms with Gasteiger partial charge in [0.25, 0.3) is 11.8 Å². The van der Waals surface area contributed by atoms with E-state index in [9.17, 15) is 9.59 Å². The lowest BCUT2D eigenvalue weighted by atomic mass is 10.2. The summed E-state index contributed by atoms with van der Waals surface area (Å²) in [5.74, 6) is -0.480. The summed E-state index contributed by atoms with van der Waals surface area (Å²) in [6, 6.07) is 15.9. The molecule has 0 unspecified atom stereocenters. The lowest BCUT2D eigenvalue weighted by Crippen LogP contribution is -2.14. The number of amides is 2. The average molecular weight is 403 g/mol. The highest BCUT2D eigenvalue weighted by Crippen LogP contribution is 2.24. The van der Waals surface area contributed by atoms with Crippen molar-refractivity contribution in [2.75, 3.05) is 16.9 Å². The van der Waals surface area contributed by atoms with Crippen LogP contribution in [-0.2, 0) is 0 Å². The van der Waals surface area contributed by atoms with Crippen LogP contribution < -0.4 is 10.6 Å². The molecule has 0 radical (unpaired) electrons. The minimum Gasteiger partial charge on any atom is -0.322 e. The molecule has 0 aliphatic carbocycles. The maximum Gasteiger partial charge on any atom is 0.265 e. The first-order valence-electron chi connectivity index (χ1n) is 7.66. The average Bonchev–Trinajstić information content (AvgIpc) is 3.17. The molecule has 0 saturated carbocycles. The highest BCUT2D eigenvalue weighted by atomic mass is 35.5. The summed E-state index contributed by atoms with van der Waals surface area (Å²) in [7, 11) is 0. The molecule has 0 atom stereocenters. The van der Waals surface area contributed by atoms with Gasteiger partial charge in [-0.1, -0.05) is 23.7 Å². The largest absolute Gasteiger partial charge is 0.322 e. The Kier molecular flexibility index (Phi) is 5.98.